The molecule has 0 aliphatic rings. The number of hydrogen-bond donors (Lipinski definition) is 2. The normalized spacial score (nSPS) is 11.8. The van der Waals surface area contributed by atoms with Crippen molar-refractivity contribution in [3.8, 4) is 0 Å². The second-order valence-corrected chi connectivity index (χ2v) is 12.2. The third kappa shape index (κ3) is 26.9. The molecule has 302 valence electrons. The lowest BCUT2D eigenvalue weighted by Gasteiger charge is -2.15. The van der Waals surface area contributed by atoms with Crippen molar-refractivity contribution in [2.45, 2.75) is 116 Å². The van der Waals surface area contributed by atoms with Crippen molar-refractivity contribution >= 4 is 35.8 Å². The first kappa shape index (κ1) is 48.2. The summed E-state index contributed by atoms with van der Waals surface area (Å²) in [6.45, 7) is 7.72. The van der Waals surface area contributed by atoms with Crippen LogP contribution in [0, 0.1) is 11.8 Å². The van der Waals surface area contributed by atoms with Crippen molar-refractivity contribution in [2.75, 3.05) is 52.9 Å². The molecular weight excluding hydrogens is 680 g/mol. The van der Waals surface area contributed by atoms with Gasteiger partial charge in [-0.1, -0.05) is 31.7 Å². The molecule has 0 aromatic rings. The molecule has 0 amide bonds. The van der Waals surface area contributed by atoms with Gasteiger partial charge in [0, 0.05) is 28.9 Å². The molecule has 0 rings (SSSR count). The van der Waals surface area contributed by atoms with Gasteiger partial charge in [-0.3, -0.25) is 28.8 Å². The van der Waals surface area contributed by atoms with E-state index in [1.807, 2.05) is 0 Å². The summed E-state index contributed by atoms with van der Waals surface area (Å²) in [6.07, 6.45) is 12.1. The highest BCUT2D eigenvalue weighted by Crippen LogP contribution is 2.16. The van der Waals surface area contributed by atoms with Gasteiger partial charge in [-0.25, -0.2) is 0 Å². The summed E-state index contributed by atoms with van der Waals surface area (Å²) in [7, 11) is 0. The molecule has 0 radical (unpaired) electrons. The molecule has 0 heterocycles. The van der Waals surface area contributed by atoms with Gasteiger partial charge in [-0.15, -0.1) is 0 Å². The fraction of sp³-hybridized carbons (Fsp3) is 0.737. The van der Waals surface area contributed by atoms with Crippen molar-refractivity contribution < 1.29 is 70.3 Å². The van der Waals surface area contributed by atoms with Crippen LogP contribution in [-0.4, -0.2) is 98.9 Å². The molecule has 52 heavy (non-hydrogen) atoms. The maximum absolute atomic E-state index is 12.6. The van der Waals surface area contributed by atoms with Crippen LogP contribution in [0.2, 0.25) is 0 Å². The predicted octanol–water partition coefficient (Wildman–Crippen LogP) is 5.35. The van der Waals surface area contributed by atoms with E-state index < -0.39 is 35.7 Å². The van der Waals surface area contributed by atoms with Crippen LogP contribution >= 0.6 is 0 Å². The number of aliphatic hydroxyl groups excluding tert-OH is 2. The smallest absolute Gasteiger partial charge is 0.320 e. The molecule has 14 nitrogen and oxygen atoms in total. The molecule has 0 spiro atoms. The standard InChI is InChI=1S/C38H62O14.2H2/c1-3-25-49-35(43)31(19-11-14-24-40)37(45)52-30-17-8-10-22-34(42)47-27-15-5-6-16-29-51-38(46)32(36(44)50-26-4-2)20-12-18-28-48-33(41)21-9-7-13-23-39;;/h3-4,31-32,39-40H,1-2,5-30H2;2*1H. The Labute approximate surface area is 311 Å². The minimum Gasteiger partial charge on any atom is -0.466 e. The first-order valence-corrected chi connectivity index (χ1v) is 18.6. The summed E-state index contributed by atoms with van der Waals surface area (Å²) in [5.41, 5.74) is 0. The second-order valence-electron chi connectivity index (χ2n) is 12.2. The lowest BCUT2D eigenvalue weighted by Crippen LogP contribution is -2.28. The van der Waals surface area contributed by atoms with E-state index in [0.717, 1.165) is 19.3 Å². The molecule has 0 fully saturated rings. The fourth-order valence-corrected chi connectivity index (χ4v) is 4.78. The molecule has 0 saturated carbocycles. The van der Waals surface area contributed by atoms with E-state index in [1.54, 1.807) is 0 Å². The molecule has 2 unspecified atom stereocenters. The molecule has 2 atom stereocenters. The lowest BCUT2D eigenvalue weighted by molar-refractivity contribution is -0.163. The summed E-state index contributed by atoms with van der Waals surface area (Å²) >= 11 is 0. The highest BCUT2D eigenvalue weighted by molar-refractivity contribution is 5.95. The van der Waals surface area contributed by atoms with E-state index >= 15 is 0 Å². The van der Waals surface area contributed by atoms with E-state index in [4.69, 9.17) is 38.6 Å². The number of aliphatic hydroxyl groups is 2. The summed E-state index contributed by atoms with van der Waals surface area (Å²) in [4.78, 5) is 73.4. The Morgan fingerprint density at radius 1 is 0.442 bits per heavy atom. The molecular formula is C38H66O14. The Hall–Kier alpha value is -3.78. The third-order valence-corrected chi connectivity index (χ3v) is 7.73. The van der Waals surface area contributed by atoms with Gasteiger partial charge in [-0.05, 0) is 96.3 Å². The molecule has 2 N–H and O–H groups in total. The number of rotatable bonds is 35. The van der Waals surface area contributed by atoms with E-state index in [1.165, 1.54) is 12.2 Å². The molecule has 0 aliphatic carbocycles. The van der Waals surface area contributed by atoms with Gasteiger partial charge in [0.1, 0.15) is 13.2 Å². The van der Waals surface area contributed by atoms with E-state index in [-0.39, 0.29) is 93.3 Å². The Morgan fingerprint density at radius 2 is 0.769 bits per heavy atom. The first-order valence-electron chi connectivity index (χ1n) is 18.6. The van der Waals surface area contributed by atoms with Crippen LogP contribution in [0.5, 0.6) is 0 Å². The van der Waals surface area contributed by atoms with Gasteiger partial charge in [0.05, 0.1) is 26.4 Å². The largest absolute Gasteiger partial charge is 0.466 e. The maximum Gasteiger partial charge on any atom is 0.320 e. The molecule has 0 saturated heterocycles. The molecule has 0 aromatic heterocycles. The van der Waals surface area contributed by atoms with Gasteiger partial charge in [0.2, 0.25) is 0 Å². The molecule has 0 aromatic carbocycles. The highest BCUT2D eigenvalue weighted by atomic mass is 16.6. The van der Waals surface area contributed by atoms with Gasteiger partial charge < -0.3 is 38.6 Å². The number of unbranched alkanes of at least 4 members (excludes halogenated alkanes) is 9. The van der Waals surface area contributed by atoms with E-state index in [2.05, 4.69) is 13.2 Å². The average molecular weight is 747 g/mol. The van der Waals surface area contributed by atoms with E-state index in [0.29, 0.717) is 70.6 Å². The van der Waals surface area contributed by atoms with Crippen LogP contribution in [0.4, 0.5) is 0 Å². The number of ether oxygens (including phenoxy) is 6. The topological polar surface area (TPSA) is 198 Å². The Balaban J connectivity index is -0.0000130. The highest BCUT2D eigenvalue weighted by Gasteiger charge is 2.30. The summed E-state index contributed by atoms with van der Waals surface area (Å²) in [5, 5.41) is 17.7. The number of carbonyl (C=O) groups is 6. The van der Waals surface area contributed by atoms with Crippen molar-refractivity contribution in [3.63, 3.8) is 0 Å². The van der Waals surface area contributed by atoms with Crippen LogP contribution in [0.3, 0.4) is 0 Å². The van der Waals surface area contributed by atoms with Gasteiger partial charge in [-0.2, -0.15) is 0 Å². The Kier molecular flexibility index (Phi) is 31.8. The van der Waals surface area contributed by atoms with Crippen LogP contribution in [0.1, 0.15) is 118 Å². The van der Waals surface area contributed by atoms with Crippen molar-refractivity contribution in [3.05, 3.63) is 25.3 Å². The average Bonchev–Trinajstić information content (AvgIpc) is 3.13. The second kappa shape index (κ2) is 34.3. The monoisotopic (exact) mass is 746 g/mol. The zero-order valence-corrected chi connectivity index (χ0v) is 30.9. The SMILES string of the molecule is C=CCOC(=O)C(CCCCO)C(=O)OCCCCCC(=O)OCCCCCCOC(=O)C(CCCCOC(=O)CCCCCO)C(=O)OCC=C.[HH].[HH]. The van der Waals surface area contributed by atoms with Crippen LogP contribution in [0.15, 0.2) is 25.3 Å². The third-order valence-electron chi connectivity index (χ3n) is 7.73. The summed E-state index contributed by atoms with van der Waals surface area (Å²) in [6, 6.07) is 0. The molecule has 14 heteroatoms. The van der Waals surface area contributed by atoms with Crippen molar-refractivity contribution in [1.82, 2.24) is 0 Å². The quantitative estimate of drug-likeness (QED) is 0.0277. The first-order chi connectivity index (χ1) is 25.2. The predicted molar refractivity (Wildman–Crippen MR) is 195 cm³/mol. The zero-order valence-electron chi connectivity index (χ0n) is 30.9. The van der Waals surface area contributed by atoms with Crippen molar-refractivity contribution in [1.29, 1.82) is 0 Å². The van der Waals surface area contributed by atoms with Gasteiger partial charge in [0.25, 0.3) is 0 Å². The summed E-state index contributed by atoms with van der Waals surface area (Å²) < 4.78 is 31.1. The minimum absolute atomic E-state index is 0. The van der Waals surface area contributed by atoms with Gasteiger partial charge >= 0.3 is 35.8 Å². The van der Waals surface area contributed by atoms with Gasteiger partial charge in [0.15, 0.2) is 11.8 Å². The minimum atomic E-state index is -1.08. The number of esters is 6. The Bertz CT molecular complexity index is 1040. The maximum atomic E-state index is 12.6. The zero-order chi connectivity index (χ0) is 38.7. The lowest BCUT2D eigenvalue weighted by atomic mass is 10.0. The number of carbonyl (C=O) groups excluding carboxylic acids is 6. The van der Waals surface area contributed by atoms with Crippen LogP contribution in [0.25, 0.3) is 0 Å². The van der Waals surface area contributed by atoms with Crippen molar-refractivity contribution in [2.24, 2.45) is 11.8 Å². The fourth-order valence-electron chi connectivity index (χ4n) is 4.78. The molecule has 0 aliphatic heterocycles. The molecule has 0 bridgehead atoms. The van der Waals surface area contributed by atoms with Crippen LogP contribution < -0.4 is 0 Å². The van der Waals surface area contributed by atoms with E-state index in [9.17, 15) is 28.8 Å². The van der Waals surface area contributed by atoms with Crippen LogP contribution in [-0.2, 0) is 57.2 Å². The number of hydrogen-bond acceptors (Lipinski definition) is 14. The summed E-state index contributed by atoms with van der Waals surface area (Å²) in [5.74, 6) is -5.45. The Morgan fingerprint density at radius 3 is 1.19 bits per heavy atom.